The van der Waals surface area contributed by atoms with Crippen LogP contribution in [0, 0.1) is 0 Å². The summed E-state index contributed by atoms with van der Waals surface area (Å²) >= 11 is 0. The van der Waals surface area contributed by atoms with Crippen molar-refractivity contribution in [2.24, 2.45) is 0 Å². The van der Waals surface area contributed by atoms with Crippen LogP contribution >= 0.6 is 0 Å². The number of hydrogen-bond acceptors (Lipinski definition) is 5. The minimum atomic E-state index is -0.0780. The summed E-state index contributed by atoms with van der Waals surface area (Å²) in [7, 11) is 1.62. The summed E-state index contributed by atoms with van der Waals surface area (Å²) in [5.41, 5.74) is 3.96. The van der Waals surface area contributed by atoms with E-state index in [4.69, 9.17) is 9.47 Å². The summed E-state index contributed by atoms with van der Waals surface area (Å²) in [5, 5.41) is 3.20. The van der Waals surface area contributed by atoms with Crippen molar-refractivity contribution in [1.82, 2.24) is 15.3 Å². The molecule has 0 unspecified atom stereocenters. The Labute approximate surface area is 198 Å². The van der Waals surface area contributed by atoms with E-state index in [9.17, 15) is 4.79 Å². The Bertz CT molecular complexity index is 1290. The van der Waals surface area contributed by atoms with Gasteiger partial charge in [0, 0.05) is 23.4 Å². The number of hydrogen-bond donors (Lipinski definition) is 1. The third-order valence-corrected chi connectivity index (χ3v) is 5.99. The number of nitrogens with one attached hydrogen (secondary N) is 1. The highest BCUT2D eigenvalue weighted by atomic mass is 16.5. The van der Waals surface area contributed by atoms with Gasteiger partial charge in [0.25, 0.3) is 5.91 Å². The molecule has 0 saturated carbocycles. The van der Waals surface area contributed by atoms with E-state index in [2.05, 4.69) is 33.5 Å². The Morgan fingerprint density at radius 1 is 0.941 bits per heavy atom. The average molecular weight is 452 g/mol. The molecule has 1 aromatic heterocycles. The van der Waals surface area contributed by atoms with Gasteiger partial charge in [-0.05, 0) is 66.8 Å². The van der Waals surface area contributed by atoms with E-state index in [1.807, 2.05) is 42.5 Å². The molecule has 6 nitrogen and oxygen atoms in total. The van der Waals surface area contributed by atoms with E-state index in [1.165, 1.54) is 11.1 Å². The zero-order chi connectivity index (χ0) is 23.3. The van der Waals surface area contributed by atoms with Crippen LogP contribution in [0.3, 0.4) is 0 Å². The molecular weight excluding hydrogens is 426 g/mol. The molecule has 0 fully saturated rings. The molecule has 1 heterocycles. The molecule has 4 aromatic rings. The minimum absolute atomic E-state index is 0.0484. The van der Waals surface area contributed by atoms with Gasteiger partial charge >= 0.3 is 0 Å². The van der Waals surface area contributed by atoms with Gasteiger partial charge < -0.3 is 14.8 Å². The second-order valence-electron chi connectivity index (χ2n) is 8.19. The first-order chi connectivity index (χ1) is 16.7. The summed E-state index contributed by atoms with van der Waals surface area (Å²) < 4.78 is 11.0. The molecule has 1 N–H and O–H groups in total. The van der Waals surface area contributed by atoms with Crippen LogP contribution in [0.4, 0.5) is 0 Å². The zero-order valence-corrected chi connectivity index (χ0v) is 18.9. The lowest BCUT2D eigenvalue weighted by Crippen LogP contribution is -2.30. The van der Waals surface area contributed by atoms with Crippen molar-refractivity contribution in [1.29, 1.82) is 0 Å². The van der Waals surface area contributed by atoms with Crippen molar-refractivity contribution in [3.63, 3.8) is 0 Å². The number of ether oxygens (including phenoxy) is 2. The first kappa shape index (κ1) is 21.6. The normalized spacial score (nSPS) is 14.7. The standard InChI is InChI=1S/C28H25N3O3/c1-33-22-13-15-23(16-14-22)34-26-17-18-29-27(31-26)20-9-11-21(12-10-20)28(32)30-25-8-4-6-19-5-2-3-7-24(19)25/h2-3,5,7,9-18,25H,4,6,8H2,1H3,(H,30,32)/t25-/m1/s1. The topological polar surface area (TPSA) is 73.3 Å². The SMILES string of the molecule is COc1ccc(Oc2ccnc(-c3ccc(C(=O)N[C@@H]4CCCc5ccccc54)cc3)n2)cc1. The number of fused-ring (bicyclic) bond motifs is 1. The third-order valence-electron chi connectivity index (χ3n) is 5.99. The molecule has 1 aliphatic rings. The lowest BCUT2D eigenvalue weighted by atomic mass is 9.87. The molecule has 0 bridgehead atoms. The molecule has 1 amide bonds. The predicted molar refractivity (Wildman–Crippen MR) is 130 cm³/mol. The molecule has 1 aliphatic carbocycles. The molecule has 1 atom stereocenters. The monoisotopic (exact) mass is 451 g/mol. The van der Waals surface area contributed by atoms with Gasteiger partial charge in [-0.2, -0.15) is 4.98 Å². The van der Waals surface area contributed by atoms with Crippen LogP contribution < -0.4 is 14.8 Å². The number of benzene rings is 3. The Hall–Kier alpha value is -4.19. The minimum Gasteiger partial charge on any atom is -0.497 e. The third kappa shape index (κ3) is 4.76. The van der Waals surface area contributed by atoms with Crippen molar-refractivity contribution >= 4 is 5.91 Å². The predicted octanol–water partition coefficient (Wildman–Crippen LogP) is 5.75. The highest BCUT2D eigenvalue weighted by molar-refractivity contribution is 5.94. The number of methoxy groups -OCH3 is 1. The van der Waals surface area contributed by atoms with Crippen molar-refractivity contribution in [3.05, 3.63) is 102 Å². The molecule has 0 spiro atoms. The molecule has 0 aliphatic heterocycles. The van der Waals surface area contributed by atoms with Gasteiger partial charge in [-0.25, -0.2) is 4.98 Å². The van der Waals surface area contributed by atoms with Crippen LogP contribution in [0.5, 0.6) is 17.4 Å². The maximum absolute atomic E-state index is 12.9. The quantitative estimate of drug-likeness (QED) is 0.404. The van der Waals surface area contributed by atoms with Crippen molar-refractivity contribution in [3.8, 4) is 28.8 Å². The smallest absolute Gasteiger partial charge is 0.251 e. The Kier molecular flexibility index (Phi) is 6.21. The van der Waals surface area contributed by atoms with Gasteiger partial charge in [0.1, 0.15) is 11.5 Å². The fraction of sp³-hybridized carbons (Fsp3) is 0.179. The van der Waals surface area contributed by atoms with Crippen molar-refractivity contribution in [2.45, 2.75) is 25.3 Å². The fourth-order valence-corrected chi connectivity index (χ4v) is 4.22. The van der Waals surface area contributed by atoms with E-state index in [0.29, 0.717) is 23.0 Å². The number of nitrogens with zero attached hydrogens (tertiary/aromatic N) is 2. The van der Waals surface area contributed by atoms with Crippen LogP contribution in [0.25, 0.3) is 11.4 Å². The first-order valence-electron chi connectivity index (χ1n) is 11.3. The largest absolute Gasteiger partial charge is 0.497 e. The highest BCUT2D eigenvalue weighted by Gasteiger charge is 2.22. The number of carbonyl (C=O) groups excluding carboxylic acids is 1. The lowest BCUT2D eigenvalue weighted by molar-refractivity contribution is 0.0932. The summed E-state index contributed by atoms with van der Waals surface area (Å²) in [4.78, 5) is 21.8. The molecule has 3 aromatic carbocycles. The highest BCUT2D eigenvalue weighted by Crippen LogP contribution is 2.30. The first-order valence-corrected chi connectivity index (χ1v) is 11.3. The Balaban J connectivity index is 1.28. The lowest BCUT2D eigenvalue weighted by Gasteiger charge is -2.26. The summed E-state index contributed by atoms with van der Waals surface area (Å²) in [5.74, 6) is 2.30. The van der Waals surface area contributed by atoms with E-state index < -0.39 is 0 Å². The van der Waals surface area contributed by atoms with Gasteiger partial charge in [-0.1, -0.05) is 36.4 Å². The van der Waals surface area contributed by atoms with Crippen LogP contribution in [0.2, 0.25) is 0 Å². The van der Waals surface area contributed by atoms with Crippen LogP contribution in [-0.2, 0) is 6.42 Å². The van der Waals surface area contributed by atoms with Crippen LogP contribution in [0.1, 0.15) is 40.4 Å². The van der Waals surface area contributed by atoms with E-state index in [-0.39, 0.29) is 11.9 Å². The second kappa shape index (κ2) is 9.75. The molecule has 34 heavy (non-hydrogen) atoms. The molecule has 0 saturated heterocycles. The number of aromatic nitrogens is 2. The number of aryl methyl sites for hydroxylation is 1. The summed E-state index contributed by atoms with van der Waals surface area (Å²) in [6.45, 7) is 0. The Morgan fingerprint density at radius 3 is 2.50 bits per heavy atom. The molecule has 6 heteroatoms. The molecule has 0 radical (unpaired) electrons. The number of rotatable bonds is 6. The van der Waals surface area contributed by atoms with Crippen molar-refractivity contribution in [2.75, 3.05) is 7.11 Å². The maximum Gasteiger partial charge on any atom is 0.251 e. The van der Waals surface area contributed by atoms with Crippen molar-refractivity contribution < 1.29 is 14.3 Å². The maximum atomic E-state index is 12.9. The van der Waals surface area contributed by atoms with Gasteiger partial charge in [0.2, 0.25) is 5.88 Å². The average Bonchev–Trinajstić information content (AvgIpc) is 2.89. The summed E-state index contributed by atoms with van der Waals surface area (Å²) in [6, 6.07) is 24.7. The molecule has 170 valence electrons. The van der Waals surface area contributed by atoms with Crippen LogP contribution in [0.15, 0.2) is 85.1 Å². The molecular formula is C28H25N3O3. The van der Waals surface area contributed by atoms with Gasteiger partial charge in [0.05, 0.1) is 13.2 Å². The molecule has 5 rings (SSSR count). The van der Waals surface area contributed by atoms with E-state index in [0.717, 1.165) is 30.6 Å². The van der Waals surface area contributed by atoms with Gasteiger partial charge in [-0.15, -0.1) is 0 Å². The second-order valence-corrected chi connectivity index (χ2v) is 8.19. The fourth-order valence-electron chi connectivity index (χ4n) is 4.22. The van der Waals surface area contributed by atoms with Gasteiger partial charge in [-0.3, -0.25) is 4.79 Å². The zero-order valence-electron chi connectivity index (χ0n) is 18.9. The van der Waals surface area contributed by atoms with Gasteiger partial charge in [0.15, 0.2) is 5.82 Å². The summed E-state index contributed by atoms with van der Waals surface area (Å²) in [6.07, 6.45) is 4.75. The number of carbonyl (C=O) groups is 1. The van der Waals surface area contributed by atoms with E-state index >= 15 is 0 Å². The number of amides is 1. The Morgan fingerprint density at radius 2 is 1.71 bits per heavy atom. The van der Waals surface area contributed by atoms with E-state index in [1.54, 1.807) is 31.5 Å². The van der Waals surface area contributed by atoms with Crippen LogP contribution in [-0.4, -0.2) is 23.0 Å².